The molecule has 9 heteroatoms. The van der Waals surface area contributed by atoms with E-state index in [1.165, 1.54) is 0 Å². The molecule has 0 aromatic heterocycles. The maximum absolute atomic E-state index is 14.4. The lowest BCUT2D eigenvalue weighted by atomic mass is 9.84. The van der Waals surface area contributed by atoms with Crippen molar-refractivity contribution in [3.8, 4) is 0 Å². The zero-order valence-electron chi connectivity index (χ0n) is 24.3. The average molecular weight is 570 g/mol. The lowest BCUT2D eigenvalue weighted by Gasteiger charge is -2.34. The normalized spacial score (nSPS) is 15.6. The Morgan fingerprint density at radius 3 is 2.05 bits per heavy atom. The Morgan fingerprint density at radius 2 is 1.52 bits per heavy atom. The minimum absolute atomic E-state index is 0.0236. The predicted molar refractivity (Wildman–Crippen MR) is 162 cm³/mol. The van der Waals surface area contributed by atoms with Crippen molar-refractivity contribution in [2.75, 3.05) is 6.54 Å². The van der Waals surface area contributed by atoms with E-state index in [4.69, 9.17) is 15.9 Å². The van der Waals surface area contributed by atoms with Gasteiger partial charge < -0.3 is 26.0 Å². The Bertz CT molecular complexity index is 1350. The van der Waals surface area contributed by atoms with Gasteiger partial charge in [-0.15, -0.1) is 0 Å². The number of alkyl carbamates (subject to hydrolysis) is 1. The van der Waals surface area contributed by atoms with Crippen molar-refractivity contribution in [2.24, 2.45) is 5.73 Å². The molecule has 0 saturated carbocycles. The second kappa shape index (κ2) is 13.3. The highest BCUT2D eigenvalue weighted by Gasteiger charge is 2.42. The van der Waals surface area contributed by atoms with E-state index in [1.807, 2.05) is 60.7 Å². The zero-order chi connectivity index (χ0) is 30.3. The molecule has 3 aromatic carbocycles. The van der Waals surface area contributed by atoms with Gasteiger partial charge in [0, 0.05) is 24.6 Å². The van der Waals surface area contributed by atoms with Crippen LogP contribution in [0.1, 0.15) is 61.8 Å². The van der Waals surface area contributed by atoms with E-state index in [0.29, 0.717) is 24.9 Å². The van der Waals surface area contributed by atoms with E-state index >= 15 is 0 Å². The molecule has 2 atom stereocenters. The van der Waals surface area contributed by atoms with Gasteiger partial charge in [-0.3, -0.25) is 15.0 Å². The van der Waals surface area contributed by atoms with Gasteiger partial charge in [-0.25, -0.2) is 4.79 Å². The van der Waals surface area contributed by atoms with E-state index in [2.05, 4.69) is 10.6 Å². The Morgan fingerprint density at radius 1 is 0.952 bits per heavy atom. The number of ether oxygens (including phenoxy) is 1. The summed E-state index contributed by atoms with van der Waals surface area (Å²) in [5.74, 6) is -1.15. The van der Waals surface area contributed by atoms with Crippen molar-refractivity contribution >= 4 is 23.7 Å². The fourth-order valence-electron chi connectivity index (χ4n) is 5.21. The smallest absolute Gasteiger partial charge is 0.408 e. The number of hydrogen-bond donors (Lipinski definition) is 4. The quantitative estimate of drug-likeness (QED) is 0.225. The second-order valence-corrected chi connectivity index (χ2v) is 11.4. The van der Waals surface area contributed by atoms with Crippen molar-refractivity contribution in [2.45, 2.75) is 63.8 Å². The molecular weight excluding hydrogens is 530 g/mol. The summed E-state index contributed by atoms with van der Waals surface area (Å²) >= 11 is 0. The first-order valence-corrected chi connectivity index (χ1v) is 14.1. The van der Waals surface area contributed by atoms with Gasteiger partial charge in [0.15, 0.2) is 0 Å². The van der Waals surface area contributed by atoms with Gasteiger partial charge in [0.2, 0.25) is 11.8 Å². The molecule has 0 aliphatic carbocycles. The first kappa shape index (κ1) is 30.3. The summed E-state index contributed by atoms with van der Waals surface area (Å²) in [6.45, 7) is 5.97. The predicted octanol–water partition coefficient (Wildman–Crippen LogP) is 4.30. The number of nitrogens with two attached hydrogens (primary N) is 1. The molecule has 1 heterocycles. The van der Waals surface area contributed by atoms with Crippen LogP contribution in [0.25, 0.3) is 0 Å². The molecule has 42 heavy (non-hydrogen) atoms. The van der Waals surface area contributed by atoms with Crippen molar-refractivity contribution in [1.29, 1.82) is 5.41 Å². The summed E-state index contributed by atoms with van der Waals surface area (Å²) in [4.78, 5) is 42.4. The first-order chi connectivity index (χ1) is 20.0. The lowest BCUT2D eigenvalue weighted by Crippen LogP contribution is -2.56. The van der Waals surface area contributed by atoms with E-state index in [9.17, 15) is 14.4 Å². The molecule has 5 N–H and O–H groups in total. The minimum Gasteiger partial charge on any atom is -0.444 e. The SMILES string of the molecule is CC(C)(C)OC(=O)N[C@@H](C(=O)N1CCC[C@H]1C(=O)NCc1ccc(C(=N)N)cc1)C(c1ccccc1)c1ccccc1. The molecule has 3 amide bonds. The molecular formula is C33H39N5O4. The zero-order valence-corrected chi connectivity index (χ0v) is 24.3. The van der Waals surface area contributed by atoms with Gasteiger partial charge in [-0.1, -0.05) is 84.9 Å². The van der Waals surface area contributed by atoms with Gasteiger partial charge in [0.25, 0.3) is 0 Å². The van der Waals surface area contributed by atoms with Crippen LogP contribution in [0.4, 0.5) is 4.79 Å². The number of nitrogens with zero attached hydrogens (tertiary/aromatic N) is 1. The van der Waals surface area contributed by atoms with Crippen LogP contribution >= 0.6 is 0 Å². The highest BCUT2D eigenvalue weighted by molar-refractivity contribution is 5.95. The maximum Gasteiger partial charge on any atom is 0.408 e. The third-order valence-electron chi connectivity index (χ3n) is 7.16. The number of amides is 3. The lowest BCUT2D eigenvalue weighted by molar-refractivity contribution is -0.140. The van der Waals surface area contributed by atoms with E-state index in [0.717, 1.165) is 16.7 Å². The number of rotatable bonds is 9. The third-order valence-corrected chi connectivity index (χ3v) is 7.16. The number of nitrogens with one attached hydrogen (secondary N) is 3. The summed E-state index contributed by atoms with van der Waals surface area (Å²) < 4.78 is 5.57. The number of likely N-dealkylation sites (tertiary alicyclic amines) is 1. The number of carbonyl (C=O) groups is 3. The molecule has 3 aromatic rings. The Hall–Kier alpha value is -4.66. The van der Waals surface area contributed by atoms with Crippen LogP contribution in [-0.4, -0.2) is 52.9 Å². The third kappa shape index (κ3) is 7.75. The molecule has 1 aliphatic heterocycles. The maximum atomic E-state index is 14.4. The average Bonchev–Trinajstić information content (AvgIpc) is 3.46. The topological polar surface area (TPSA) is 138 Å². The monoisotopic (exact) mass is 569 g/mol. The van der Waals surface area contributed by atoms with Crippen LogP contribution in [0.15, 0.2) is 84.9 Å². The summed E-state index contributed by atoms with van der Waals surface area (Å²) in [6, 6.07) is 24.5. The Labute approximate surface area is 246 Å². The Kier molecular flexibility index (Phi) is 9.62. The molecule has 1 saturated heterocycles. The molecule has 4 rings (SSSR count). The van der Waals surface area contributed by atoms with E-state index in [1.54, 1.807) is 49.9 Å². The fourth-order valence-corrected chi connectivity index (χ4v) is 5.21. The number of benzene rings is 3. The minimum atomic E-state index is -1.02. The number of carbonyl (C=O) groups excluding carboxylic acids is 3. The fraction of sp³-hybridized carbons (Fsp3) is 0.333. The van der Waals surface area contributed by atoms with Gasteiger partial charge >= 0.3 is 6.09 Å². The number of hydrogen-bond acceptors (Lipinski definition) is 5. The second-order valence-electron chi connectivity index (χ2n) is 11.4. The molecule has 0 spiro atoms. The van der Waals surface area contributed by atoms with Crippen molar-refractivity contribution in [1.82, 2.24) is 15.5 Å². The van der Waals surface area contributed by atoms with Crippen LogP contribution in [0, 0.1) is 5.41 Å². The molecule has 0 unspecified atom stereocenters. The standard InChI is InChI=1S/C33H39N5O4/c1-33(2,3)42-32(41)37-28(27(23-11-6-4-7-12-23)24-13-8-5-9-14-24)31(40)38-20-10-15-26(38)30(39)36-21-22-16-18-25(19-17-22)29(34)35/h4-9,11-14,16-19,26-28H,10,15,20-21H2,1-3H3,(H3,34,35)(H,36,39)(H,37,41)/t26-,28+/m0/s1. The molecule has 9 nitrogen and oxygen atoms in total. The van der Waals surface area contributed by atoms with Gasteiger partial charge in [0.1, 0.15) is 23.5 Å². The van der Waals surface area contributed by atoms with Crippen molar-refractivity contribution < 1.29 is 19.1 Å². The molecule has 1 fully saturated rings. The van der Waals surface area contributed by atoms with Gasteiger partial charge in [-0.2, -0.15) is 0 Å². The van der Waals surface area contributed by atoms with Crippen LogP contribution in [0.5, 0.6) is 0 Å². The van der Waals surface area contributed by atoms with Crippen LogP contribution < -0.4 is 16.4 Å². The van der Waals surface area contributed by atoms with Crippen molar-refractivity contribution in [3.05, 3.63) is 107 Å². The number of nitrogen functional groups attached to an aromatic ring is 1. The van der Waals surface area contributed by atoms with Crippen LogP contribution in [-0.2, 0) is 20.9 Å². The van der Waals surface area contributed by atoms with E-state index < -0.39 is 29.7 Å². The molecule has 0 radical (unpaired) electrons. The molecule has 0 bridgehead atoms. The van der Waals surface area contributed by atoms with Crippen LogP contribution in [0.2, 0.25) is 0 Å². The summed E-state index contributed by atoms with van der Waals surface area (Å²) in [6.07, 6.45) is 0.478. The highest BCUT2D eigenvalue weighted by atomic mass is 16.6. The van der Waals surface area contributed by atoms with Crippen molar-refractivity contribution in [3.63, 3.8) is 0 Å². The summed E-state index contributed by atoms with van der Waals surface area (Å²) in [5.41, 5.74) is 7.94. The number of amidine groups is 1. The van der Waals surface area contributed by atoms with E-state index in [-0.39, 0.29) is 24.2 Å². The highest BCUT2D eigenvalue weighted by Crippen LogP contribution is 2.31. The Balaban J connectivity index is 1.60. The van der Waals surface area contributed by atoms with Gasteiger partial charge in [-0.05, 0) is 50.3 Å². The first-order valence-electron chi connectivity index (χ1n) is 14.1. The largest absolute Gasteiger partial charge is 0.444 e. The van der Waals surface area contributed by atoms with Crippen LogP contribution in [0.3, 0.4) is 0 Å². The molecule has 1 aliphatic rings. The summed E-state index contributed by atoms with van der Waals surface area (Å²) in [5, 5.41) is 13.4. The summed E-state index contributed by atoms with van der Waals surface area (Å²) in [7, 11) is 0. The molecule has 220 valence electrons. The van der Waals surface area contributed by atoms with Gasteiger partial charge in [0.05, 0.1) is 0 Å².